The highest BCUT2D eigenvalue weighted by Crippen LogP contribution is 2.22. The average Bonchev–Trinajstić information content (AvgIpc) is 3.02. The van der Waals surface area contributed by atoms with Gasteiger partial charge in [-0.2, -0.15) is 4.99 Å². The van der Waals surface area contributed by atoms with Crippen molar-refractivity contribution in [1.82, 2.24) is 4.57 Å². The number of aryl methyl sites for hydroxylation is 1. The minimum absolute atomic E-state index is 0.0576. The molecular weight excluding hydrogens is 450 g/mol. The first-order valence-corrected chi connectivity index (χ1v) is 11.6. The molecule has 158 valence electrons. The van der Waals surface area contributed by atoms with Crippen LogP contribution >= 0.6 is 22.9 Å². The van der Waals surface area contributed by atoms with Crippen LogP contribution in [0, 0.1) is 0 Å². The number of rotatable bonds is 6. The molecule has 30 heavy (non-hydrogen) atoms. The van der Waals surface area contributed by atoms with E-state index in [2.05, 4.69) is 4.99 Å². The number of amides is 1. The number of primary sulfonamides is 1. The summed E-state index contributed by atoms with van der Waals surface area (Å²) in [5.74, 6) is -0.947. The topological polar surface area (TPSA) is 121 Å². The summed E-state index contributed by atoms with van der Waals surface area (Å²) in [6.45, 7) is 2.17. The molecule has 11 heteroatoms. The normalized spacial score (nSPS) is 12.3. The van der Waals surface area contributed by atoms with E-state index < -0.39 is 21.9 Å². The van der Waals surface area contributed by atoms with Gasteiger partial charge >= 0.3 is 5.97 Å². The molecular formula is C19H18ClN3O5S2. The number of hydrogen-bond donors (Lipinski definition) is 1. The lowest BCUT2D eigenvalue weighted by Crippen LogP contribution is -2.19. The summed E-state index contributed by atoms with van der Waals surface area (Å²) in [4.78, 5) is 28.9. The van der Waals surface area contributed by atoms with Gasteiger partial charge in [-0.3, -0.25) is 9.59 Å². The number of esters is 1. The minimum Gasteiger partial charge on any atom is -0.466 e. The molecule has 0 saturated heterocycles. The number of halogens is 1. The van der Waals surface area contributed by atoms with Crippen molar-refractivity contribution >= 4 is 55.1 Å². The number of fused-ring (bicyclic) bond motifs is 1. The second-order valence-corrected chi connectivity index (χ2v) is 9.14. The number of hydrogen-bond acceptors (Lipinski definition) is 6. The third-order valence-corrected chi connectivity index (χ3v) is 6.41. The van der Waals surface area contributed by atoms with Crippen LogP contribution in [0.1, 0.15) is 23.7 Å². The molecule has 0 spiro atoms. The summed E-state index contributed by atoms with van der Waals surface area (Å²) in [6.07, 6.45) is 0.0596. The van der Waals surface area contributed by atoms with Crippen LogP contribution in [0.4, 0.5) is 0 Å². The predicted molar refractivity (Wildman–Crippen MR) is 114 cm³/mol. The number of carbonyl (C=O) groups excluding carboxylic acids is 2. The Labute approximate surface area is 181 Å². The number of sulfonamides is 1. The number of thiazole rings is 1. The molecule has 0 fully saturated rings. The van der Waals surface area contributed by atoms with Gasteiger partial charge in [0.05, 0.1) is 38.7 Å². The Kier molecular flexibility index (Phi) is 6.71. The summed E-state index contributed by atoms with van der Waals surface area (Å²) in [6, 6.07) is 10.9. The number of benzene rings is 2. The summed E-state index contributed by atoms with van der Waals surface area (Å²) in [5.41, 5.74) is 0.848. The van der Waals surface area contributed by atoms with E-state index in [9.17, 15) is 18.0 Å². The summed E-state index contributed by atoms with van der Waals surface area (Å²) < 4.78 is 30.5. The van der Waals surface area contributed by atoms with Gasteiger partial charge in [-0.1, -0.05) is 35.1 Å². The number of carbonyl (C=O) groups is 2. The van der Waals surface area contributed by atoms with Crippen molar-refractivity contribution < 1.29 is 22.7 Å². The van der Waals surface area contributed by atoms with Crippen LogP contribution in [-0.4, -0.2) is 31.5 Å². The van der Waals surface area contributed by atoms with Crippen molar-refractivity contribution in [2.45, 2.75) is 24.8 Å². The SMILES string of the molecule is CCOC(=O)CCn1c(=NC(=O)c2ccccc2Cl)sc2cc(S(N)(=O)=O)ccc21. The van der Waals surface area contributed by atoms with E-state index in [0.717, 1.165) is 11.3 Å². The Morgan fingerprint density at radius 1 is 1.23 bits per heavy atom. The van der Waals surface area contributed by atoms with Crippen LogP contribution in [0.2, 0.25) is 5.02 Å². The monoisotopic (exact) mass is 467 g/mol. The quantitative estimate of drug-likeness (QED) is 0.558. The van der Waals surface area contributed by atoms with Gasteiger partial charge in [0.2, 0.25) is 10.0 Å². The fourth-order valence-corrected chi connectivity index (χ4v) is 4.67. The van der Waals surface area contributed by atoms with Gasteiger partial charge in [0.1, 0.15) is 0 Å². The van der Waals surface area contributed by atoms with Gasteiger partial charge in [-0.15, -0.1) is 0 Å². The molecule has 0 saturated carbocycles. The van der Waals surface area contributed by atoms with Crippen LogP contribution in [0.5, 0.6) is 0 Å². The smallest absolute Gasteiger partial charge is 0.307 e. The van der Waals surface area contributed by atoms with Crippen LogP contribution in [0.15, 0.2) is 52.4 Å². The van der Waals surface area contributed by atoms with E-state index in [1.54, 1.807) is 41.8 Å². The molecule has 3 rings (SSSR count). The molecule has 2 aromatic carbocycles. The fourth-order valence-electron chi connectivity index (χ4n) is 2.75. The van der Waals surface area contributed by atoms with Crippen molar-refractivity contribution in [1.29, 1.82) is 0 Å². The van der Waals surface area contributed by atoms with Gasteiger partial charge in [0.15, 0.2) is 4.80 Å². The van der Waals surface area contributed by atoms with E-state index in [-0.39, 0.29) is 35.1 Å². The average molecular weight is 468 g/mol. The van der Waals surface area contributed by atoms with E-state index in [1.165, 1.54) is 12.1 Å². The summed E-state index contributed by atoms with van der Waals surface area (Å²) >= 11 is 7.19. The highest BCUT2D eigenvalue weighted by atomic mass is 35.5. The molecule has 1 amide bonds. The number of aromatic nitrogens is 1. The third kappa shape index (κ3) is 4.96. The largest absolute Gasteiger partial charge is 0.466 e. The molecule has 0 radical (unpaired) electrons. The molecule has 2 N–H and O–H groups in total. The molecule has 0 aliphatic carbocycles. The van der Waals surface area contributed by atoms with E-state index in [0.29, 0.717) is 15.0 Å². The molecule has 0 aliphatic rings. The Bertz CT molecular complexity index is 1290. The second kappa shape index (κ2) is 9.09. The number of nitrogens with zero attached hydrogens (tertiary/aromatic N) is 2. The molecule has 0 atom stereocenters. The van der Waals surface area contributed by atoms with E-state index in [4.69, 9.17) is 21.5 Å². The maximum atomic E-state index is 12.7. The standard InChI is InChI=1S/C19H18ClN3O5S2/c1-2-28-17(24)9-10-23-15-8-7-12(30(21,26)27)11-16(15)29-19(23)22-18(25)13-5-3-4-6-14(13)20/h3-8,11H,2,9-10H2,1H3,(H2,21,26,27). The van der Waals surface area contributed by atoms with Crippen LogP contribution < -0.4 is 9.94 Å². The van der Waals surface area contributed by atoms with Gasteiger partial charge in [0, 0.05) is 6.54 Å². The fraction of sp³-hybridized carbons (Fsp3) is 0.211. The first-order chi connectivity index (χ1) is 14.2. The summed E-state index contributed by atoms with van der Waals surface area (Å²) in [7, 11) is -3.89. The zero-order valence-electron chi connectivity index (χ0n) is 15.9. The van der Waals surface area contributed by atoms with Crippen molar-refractivity contribution in [2.24, 2.45) is 10.1 Å². The Balaban J connectivity index is 2.12. The molecule has 1 aromatic heterocycles. The molecule has 0 bridgehead atoms. The van der Waals surface area contributed by atoms with E-state index in [1.807, 2.05) is 0 Å². The minimum atomic E-state index is -3.89. The lowest BCUT2D eigenvalue weighted by Gasteiger charge is -2.06. The highest BCUT2D eigenvalue weighted by molar-refractivity contribution is 7.89. The maximum absolute atomic E-state index is 12.7. The zero-order valence-corrected chi connectivity index (χ0v) is 18.3. The molecule has 1 heterocycles. The third-order valence-electron chi connectivity index (χ3n) is 4.13. The van der Waals surface area contributed by atoms with Gasteiger partial charge < -0.3 is 9.30 Å². The van der Waals surface area contributed by atoms with E-state index >= 15 is 0 Å². The highest BCUT2D eigenvalue weighted by Gasteiger charge is 2.15. The van der Waals surface area contributed by atoms with Crippen LogP contribution in [-0.2, 0) is 26.1 Å². The van der Waals surface area contributed by atoms with Crippen molar-refractivity contribution in [3.63, 3.8) is 0 Å². The molecule has 8 nitrogen and oxygen atoms in total. The Morgan fingerprint density at radius 3 is 2.63 bits per heavy atom. The zero-order chi connectivity index (χ0) is 21.9. The number of nitrogens with two attached hydrogens (primary N) is 1. The molecule has 3 aromatic rings. The predicted octanol–water partition coefficient (Wildman–Crippen LogP) is 2.70. The van der Waals surface area contributed by atoms with Gasteiger partial charge in [0.25, 0.3) is 5.91 Å². The van der Waals surface area contributed by atoms with Crippen LogP contribution in [0.3, 0.4) is 0 Å². The Morgan fingerprint density at radius 2 is 1.97 bits per heavy atom. The number of ether oxygens (including phenoxy) is 1. The maximum Gasteiger partial charge on any atom is 0.307 e. The lowest BCUT2D eigenvalue weighted by atomic mass is 10.2. The van der Waals surface area contributed by atoms with Crippen LogP contribution in [0.25, 0.3) is 10.2 Å². The first kappa shape index (κ1) is 22.2. The second-order valence-electron chi connectivity index (χ2n) is 6.16. The van der Waals surface area contributed by atoms with Crippen molar-refractivity contribution in [3.05, 3.63) is 57.9 Å². The van der Waals surface area contributed by atoms with Gasteiger partial charge in [-0.05, 0) is 37.3 Å². The van der Waals surface area contributed by atoms with Gasteiger partial charge in [-0.25, -0.2) is 13.6 Å². The summed E-state index contributed by atoms with van der Waals surface area (Å²) in [5, 5.41) is 5.48. The van der Waals surface area contributed by atoms with Crippen molar-refractivity contribution in [3.8, 4) is 0 Å². The molecule has 0 unspecified atom stereocenters. The lowest BCUT2D eigenvalue weighted by molar-refractivity contribution is -0.143. The van der Waals surface area contributed by atoms with Crippen molar-refractivity contribution in [2.75, 3.05) is 6.61 Å². The first-order valence-electron chi connectivity index (χ1n) is 8.86. The molecule has 0 aliphatic heterocycles. The Hall–Kier alpha value is -2.53.